The summed E-state index contributed by atoms with van der Waals surface area (Å²) in [5.41, 5.74) is 1.43. The summed E-state index contributed by atoms with van der Waals surface area (Å²) in [7, 11) is -2.09. The Kier molecular flexibility index (Phi) is 6.49. The van der Waals surface area contributed by atoms with Crippen LogP contribution in [0, 0.1) is 0 Å². The van der Waals surface area contributed by atoms with Crippen molar-refractivity contribution in [3.05, 3.63) is 59.7 Å². The number of ketones is 1. The maximum Gasteiger partial charge on any atom is 0.240 e. The van der Waals surface area contributed by atoms with Crippen molar-refractivity contribution in [1.29, 1.82) is 0 Å². The third kappa shape index (κ3) is 4.79. The fraction of sp³-hybridized carbons (Fsp3) is 0.381. The predicted molar refractivity (Wildman–Crippen MR) is 108 cm³/mol. The van der Waals surface area contributed by atoms with Crippen molar-refractivity contribution in [2.24, 2.45) is 0 Å². The van der Waals surface area contributed by atoms with E-state index in [0.29, 0.717) is 5.56 Å². The molecule has 1 unspecified atom stereocenters. The molecule has 0 aromatic heterocycles. The molecule has 0 aliphatic carbocycles. The van der Waals surface area contributed by atoms with Crippen LogP contribution in [0.2, 0.25) is 0 Å². The van der Waals surface area contributed by atoms with E-state index in [1.165, 1.54) is 19.1 Å². The highest BCUT2D eigenvalue weighted by Crippen LogP contribution is 2.26. The van der Waals surface area contributed by atoms with Gasteiger partial charge in [0.05, 0.1) is 12.0 Å². The van der Waals surface area contributed by atoms with Crippen molar-refractivity contribution in [3.8, 4) is 5.75 Å². The van der Waals surface area contributed by atoms with Gasteiger partial charge in [0.1, 0.15) is 5.75 Å². The normalized spacial score (nSPS) is 16.1. The molecule has 1 N–H and O–H groups in total. The Morgan fingerprint density at radius 2 is 1.82 bits per heavy atom. The topological polar surface area (TPSA) is 75.7 Å². The summed E-state index contributed by atoms with van der Waals surface area (Å²) >= 11 is 0. The number of rotatable bonds is 8. The number of hydrogen-bond acceptors (Lipinski definition) is 5. The molecule has 2 aromatic carbocycles. The molecule has 0 amide bonds. The van der Waals surface area contributed by atoms with Gasteiger partial charge in [-0.2, -0.15) is 0 Å². The van der Waals surface area contributed by atoms with Crippen LogP contribution >= 0.6 is 0 Å². The number of nitrogens with one attached hydrogen (secondary N) is 1. The van der Waals surface area contributed by atoms with E-state index in [2.05, 4.69) is 9.62 Å². The van der Waals surface area contributed by atoms with Crippen molar-refractivity contribution >= 4 is 15.8 Å². The summed E-state index contributed by atoms with van der Waals surface area (Å²) in [6.45, 7) is 3.57. The molecule has 1 saturated heterocycles. The average molecular weight is 403 g/mol. The van der Waals surface area contributed by atoms with E-state index in [1.54, 1.807) is 19.2 Å². The number of carbonyl (C=O) groups excluding carboxylic acids is 1. The highest BCUT2D eigenvalue weighted by molar-refractivity contribution is 7.89. The molecule has 1 heterocycles. The van der Waals surface area contributed by atoms with E-state index < -0.39 is 10.0 Å². The molecule has 0 bridgehead atoms. The Labute approximate surface area is 166 Å². The molecule has 0 spiro atoms. The smallest absolute Gasteiger partial charge is 0.240 e. The van der Waals surface area contributed by atoms with Gasteiger partial charge in [-0.25, -0.2) is 13.1 Å². The van der Waals surface area contributed by atoms with Crippen LogP contribution in [-0.4, -0.2) is 45.8 Å². The van der Waals surface area contributed by atoms with Crippen molar-refractivity contribution in [2.45, 2.75) is 30.7 Å². The molecule has 0 radical (unpaired) electrons. The Balaban J connectivity index is 1.80. The molecular formula is C21H26N2O4S. The largest absolute Gasteiger partial charge is 0.497 e. The second-order valence-corrected chi connectivity index (χ2v) is 8.73. The predicted octanol–water partition coefficient (Wildman–Crippen LogP) is 3.01. The highest BCUT2D eigenvalue weighted by atomic mass is 32.2. The lowest BCUT2D eigenvalue weighted by molar-refractivity contribution is 0.101. The number of sulfonamides is 1. The third-order valence-corrected chi connectivity index (χ3v) is 6.52. The number of hydrogen-bond donors (Lipinski definition) is 1. The second kappa shape index (κ2) is 8.86. The minimum atomic E-state index is -3.72. The minimum absolute atomic E-state index is 0.0563. The lowest BCUT2D eigenvalue weighted by atomic mass is 10.1. The van der Waals surface area contributed by atoms with Gasteiger partial charge in [-0.1, -0.05) is 24.3 Å². The number of ether oxygens (including phenoxy) is 1. The zero-order chi connectivity index (χ0) is 20.1. The Bertz CT molecular complexity index is 920. The first-order valence-corrected chi connectivity index (χ1v) is 10.9. The van der Waals surface area contributed by atoms with Gasteiger partial charge in [-0.05, 0) is 62.7 Å². The first kappa shape index (κ1) is 20.5. The van der Waals surface area contributed by atoms with Crippen molar-refractivity contribution in [1.82, 2.24) is 9.62 Å². The van der Waals surface area contributed by atoms with Gasteiger partial charge in [0.2, 0.25) is 10.0 Å². The number of benzene rings is 2. The molecule has 150 valence electrons. The second-order valence-electron chi connectivity index (χ2n) is 6.97. The van der Waals surface area contributed by atoms with Crippen molar-refractivity contribution in [2.75, 3.05) is 26.7 Å². The Hall–Kier alpha value is -2.22. The minimum Gasteiger partial charge on any atom is -0.497 e. The lowest BCUT2D eigenvalue weighted by Crippen LogP contribution is -2.36. The number of carbonyl (C=O) groups is 1. The van der Waals surface area contributed by atoms with E-state index in [1.807, 2.05) is 24.3 Å². The molecule has 1 aliphatic heterocycles. The van der Waals surface area contributed by atoms with Crippen LogP contribution in [-0.2, 0) is 10.0 Å². The standard InChI is InChI=1S/C21H26N2O4S/c1-16(24)18-6-5-7-20(14-18)28(25,26)22-15-21(23-12-3-4-13-23)17-8-10-19(27-2)11-9-17/h5-11,14,21-22H,3-4,12-13,15H2,1-2H3. The van der Waals surface area contributed by atoms with E-state index in [9.17, 15) is 13.2 Å². The summed E-state index contributed by atoms with van der Waals surface area (Å²) < 4.78 is 33.6. The lowest BCUT2D eigenvalue weighted by Gasteiger charge is -2.28. The van der Waals surface area contributed by atoms with Crippen LogP contribution in [0.25, 0.3) is 0 Å². The number of methoxy groups -OCH3 is 1. The van der Waals surface area contributed by atoms with Crippen molar-refractivity contribution < 1.29 is 17.9 Å². The fourth-order valence-electron chi connectivity index (χ4n) is 3.49. The molecule has 6 nitrogen and oxygen atoms in total. The summed E-state index contributed by atoms with van der Waals surface area (Å²) in [5.74, 6) is 0.607. The molecular weight excluding hydrogens is 376 g/mol. The molecule has 1 atom stereocenters. The van der Waals surface area contributed by atoms with E-state index in [4.69, 9.17) is 4.74 Å². The van der Waals surface area contributed by atoms with E-state index >= 15 is 0 Å². The van der Waals surface area contributed by atoms with Crippen LogP contribution in [0.15, 0.2) is 53.4 Å². The Morgan fingerprint density at radius 1 is 1.14 bits per heavy atom. The van der Waals surface area contributed by atoms with Crippen LogP contribution in [0.5, 0.6) is 5.75 Å². The van der Waals surface area contributed by atoms with Crippen LogP contribution in [0.4, 0.5) is 0 Å². The van der Waals surface area contributed by atoms with E-state index in [-0.39, 0.29) is 23.3 Å². The van der Waals surface area contributed by atoms with Crippen LogP contribution in [0.3, 0.4) is 0 Å². The van der Waals surface area contributed by atoms with Gasteiger partial charge < -0.3 is 4.74 Å². The van der Waals surface area contributed by atoms with Gasteiger partial charge in [-0.15, -0.1) is 0 Å². The molecule has 0 saturated carbocycles. The van der Waals surface area contributed by atoms with Gasteiger partial charge >= 0.3 is 0 Å². The number of Topliss-reactive ketones (excluding diaryl/α,β-unsaturated/α-hetero) is 1. The van der Waals surface area contributed by atoms with E-state index in [0.717, 1.165) is 37.2 Å². The van der Waals surface area contributed by atoms with Gasteiger partial charge in [0.15, 0.2) is 5.78 Å². The van der Waals surface area contributed by atoms with Gasteiger partial charge in [0.25, 0.3) is 0 Å². The van der Waals surface area contributed by atoms with Gasteiger partial charge in [0, 0.05) is 18.2 Å². The SMILES string of the molecule is COc1ccc(C(CNS(=O)(=O)c2cccc(C(C)=O)c2)N2CCCC2)cc1. The maximum atomic E-state index is 12.8. The zero-order valence-corrected chi connectivity index (χ0v) is 17.0. The Morgan fingerprint density at radius 3 is 2.43 bits per heavy atom. The van der Waals surface area contributed by atoms with Gasteiger partial charge in [-0.3, -0.25) is 9.69 Å². The molecule has 28 heavy (non-hydrogen) atoms. The molecule has 2 aromatic rings. The first-order chi connectivity index (χ1) is 13.4. The molecule has 1 aliphatic rings. The molecule has 1 fully saturated rings. The molecule has 7 heteroatoms. The first-order valence-electron chi connectivity index (χ1n) is 9.39. The highest BCUT2D eigenvalue weighted by Gasteiger charge is 2.26. The summed E-state index contributed by atoms with van der Waals surface area (Å²) in [4.78, 5) is 14.0. The number of nitrogens with zero attached hydrogens (tertiary/aromatic N) is 1. The number of likely N-dealkylation sites (tertiary alicyclic amines) is 1. The maximum absolute atomic E-state index is 12.8. The fourth-order valence-corrected chi connectivity index (χ4v) is 4.58. The summed E-state index contributed by atoms with van der Waals surface area (Å²) in [6.07, 6.45) is 2.22. The van der Waals surface area contributed by atoms with Crippen LogP contribution in [0.1, 0.15) is 41.7 Å². The van der Waals surface area contributed by atoms with Crippen molar-refractivity contribution in [3.63, 3.8) is 0 Å². The summed E-state index contributed by atoms with van der Waals surface area (Å²) in [6, 6.07) is 13.8. The summed E-state index contributed by atoms with van der Waals surface area (Å²) in [5, 5.41) is 0. The quantitative estimate of drug-likeness (QED) is 0.687. The zero-order valence-electron chi connectivity index (χ0n) is 16.2. The van der Waals surface area contributed by atoms with Crippen LogP contribution < -0.4 is 9.46 Å². The average Bonchev–Trinajstić information content (AvgIpc) is 3.23. The molecule has 3 rings (SSSR count). The monoisotopic (exact) mass is 402 g/mol. The third-order valence-electron chi connectivity index (χ3n) is 5.10.